The van der Waals surface area contributed by atoms with Crippen LogP contribution in [0.25, 0.3) is 0 Å². The molecule has 2 atom stereocenters. The number of allylic oxidation sites excluding steroid dienone is 2. The molecule has 0 radical (unpaired) electrons. The van der Waals surface area contributed by atoms with E-state index in [1.54, 1.807) is 12.5 Å². The molecule has 1 heterocycles. The molecule has 0 saturated heterocycles. The molecule has 0 aliphatic heterocycles. The van der Waals surface area contributed by atoms with Crippen molar-refractivity contribution in [3.63, 3.8) is 0 Å². The lowest BCUT2D eigenvalue weighted by molar-refractivity contribution is -0.147. The van der Waals surface area contributed by atoms with Gasteiger partial charge in [-0.15, -0.1) is 0 Å². The number of carboxylic acid groups (broad SMARTS) is 1. The number of hydrogen-bond donors (Lipinski definition) is 2. The minimum Gasteiger partial charge on any atom is -0.481 e. The average molecular weight is 277 g/mol. The quantitative estimate of drug-likeness (QED) is 0.601. The molecule has 1 aromatic rings. The third-order valence-corrected chi connectivity index (χ3v) is 3.54. The molecular weight excluding hydrogens is 258 g/mol. The predicted octanol–water partition coefficient (Wildman–Crippen LogP) is 1.06. The summed E-state index contributed by atoms with van der Waals surface area (Å²) in [6.07, 6.45) is 10.8. The Labute approximate surface area is 117 Å². The van der Waals surface area contributed by atoms with Gasteiger partial charge in [0, 0.05) is 25.5 Å². The molecule has 20 heavy (non-hydrogen) atoms. The Balaban J connectivity index is 1.76. The van der Waals surface area contributed by atoms with Crippen molar-refractivity contribution in [3.05, 3.63) is 30.9 Å². The van der Waals surface area contributed by atoms with Gasteiger partial charge in [0.05, 0.1) is 18.2 Å². The predicted molar refractivity (Wildman–Crippen MR) is 72.8 cm³/mol. The fourth-order valence-electron chi connectivity index (χ4n) is 2.40. The fraction of sp³-hybridized carbons (Fsp3) is 0.500. The van der Waals surface area contributed by atoms with Crippen LogP contribution in [0.4, 0.5) is 0 Å². The summed E-state index contributed by atoms with van der Waals surface area (Å²) in [5.41, 5.74) is 0. The van der Waals surface area contributed by atoms with Gasteiger partial charge in [-0.2, -0.15) is 0 Å². The van der Waals surface area contributed by atoms with Crippen molar-refractivity contribution in [1.29, 1.82) is 0 Å². The zero-order valence-corrected chi connectivity index (χ0v) is 11.2. The lowest BCUT2D eigenvalue weighted by Crippen LogP contribution is -2.39. The summed E-state index contributed by atoms with van der Waals surface area (Å²) in [5, 5.41) is 12.0. The van der Waals surface area contributed by atoms with Crippen LogP contribution in [0, 0.1) is 11.8 Å². The Bertz CT molecular complexity index is 482. The fourth-order valence-corrected chi connectivity index (χ4v) is 2.40. The second kappa shape index (κ2) is 6.88. The van der Waals surface area contributed by atoms with Crippen LogP contribution in [0.15, 0.2) is 30.9 Å². The number of rotatable bonds is 6. The first-order valence-electron chi connectivity index (χ1n) is 6.79. The van der Waals surface area contributed by atoms with Crippen molar-refractivity contribution in [1.82, 2.24) is 14.9 Å². The number of amides is 1. The first-order chi connectivity index (χ1) is 9.68. The lowest BCUT2D eigenvalue weighted by Gasteiger charge is -2.24. The van der Waals surface area contributed by atoms with Gasteiger partial charge in [0.2, 0.25) is 5.91 Å². The van der Waals surface area contributed by atoms with Crippen LogP contribution in [-0.4, -0.2) is 33.1 Å². The van der Waals surface area contributed by atoms with Gasteiger partial charge < -0.3 is 15.0 Å². The zero-order valence-electron chi connectivity index (χ0n) is 11.2. The number of imidazole rings is 1. The van der Waals surface area contributed by atoms with Gasteiger partial charge in [-0.25, -0.2) is 4.98 Å². The van der Waals surface area contributed by atoms with Crippen molar-refractivity contribution in [2.24, 2.45) is 11.8 Å². The maximum atomic E-state index is 12.0. The van der Waals surface area contributed by atoms with E-state index in [0.717, 1.165) is 13.0 Å². The Kier molecular flexibility index (Phi) is 4.92. The number of aliphatic carboxylic acids is 1. The Morgan fingerprint density at radius 2 is 2.05 bits per heavy atom. The van der Waals surface area contributed by atoms with Crippen LogP contribution in [0.3, 0.4) is 0 Å². The normalized spacial score (nSPS) is 21.6. The molecule has 1 aliphatic carbocycles. The first kappa shape index (κ1) is 14.3. The van der Waals surface area contributed by atoms with Crippen molar-refractivity contribution in [2.45, 2.75) is 25.8 Å². The van der Waals surface area contributed by atoms with E-state index in [2.05, 4.69) is 10.3 Å². The summed E-state index contributed by atoms with van der Waals surface area (Å²) in [4.78, 5) is 27.1. The molecule has 2 N–H and O–H groups in total. The summed E-state index contributed by atoms with van der Waals surface area (Å²) in [6, 6.07) is 0. The monoisotopic (exact) mass is 277 g/mol. The van der Waals surface area contributed by atoms with E-state index >= 15 is 0 Å². The largest absolute Gasteiger partial charge is 0.481 e. The summed E-state index contributed by atoms with van der Waals surface area (Å²) >= 11 is 0. The third-order valence-electron chi connectivity index (χ3n) is 3.54. The number of carbonyl (C=O) groups excluding carboxylic acids is 1. The van der Waals surface area contributed by atoms with Gasteiger partial charge in [-0.1, -0.05) is 12.2 Å². The van der Waals surface area contributed by atoms with Gasteiger partial charge in [-0.05, 0) is 19.3 Å². The van der Waals surface area contributed by atoms with E-state index in [0.29, 0.717) is 19.4 Å². The highest BCUT2D eigenvalue weighted by Gasteiger charge is 2.33. The minimum atomic E-state index is -0.895. The average Bonchev–Trinajstić information content (AvgIpc) is 2.96. The number of carboxylic acids is 1. The molecule has 1 aromatic heterocycles. The maximum absolute atomic E-state index is 12.0. The highest BCUT2D eigenvalue weighted by molar-refractivity contribution is 5.85. The Morgan fingerprint density at radius 1 is 1.30 bits per heavy atom. The van der Waals surface area contributed by atoms with Gasteiger partial charge >= 0.3 is 5.97 Å². The molecule has 0 spiro atoms. The first-order valence-corrected chi connectivity index (χ1v) is 6.79. The SMILES string of the molecule is O=C(O)C1CC=CCC1C(=O)NCCCn1ccnc1. The second-order valence-electron chi connectivity index (χ2n) is 4.94. The topological polar surface area (TPSA) is 84.2 Å². The molecular formula is C14H19N3O3. The van der Waals surface area contributed by atoms with Crippen LogP contribution in [0.2, 0.25) is 0 Å². The maximum Gasteiger partial charge on any atom is 0.307 e. The molecule has 108 valence electrons. The summed E-state index contributed by atoms with van der Waals surface area (Å²) in [7, 11) is 0. The van der Waals surface area contributed by atoms with Crippen molar-refractivity contribution in [2.75, 3.05) is 6.54 Å². The molecule has 1 amide bonds. The van der Waals surface area contributed by atoms with Crippen molar-refractivity contribution < 1.29 is 14.7 Å². The number of hydrogen-bond acceptors (Lipinski definition) is 3. The Morgan fingerprint density at radius 3 is 2.70 bits per heavy atom. The molecule has 0 aromatic carbocycles. The van der Waals surface area contributed by atoms with Crippen LogP contribution in [-0.2, 0) is 16.1 Å². The molecule has 6 nitrogen and oxygen atoms in total. The summed E-state index contributed by atoms with van der Waals surface area (Å²) in [5.74, 6) is -2.11. The molecule has 2 unspecified atom stereocenters. The number of aryl methyl sites for hydroxylation is 1. The van der Waals surface area contributed by atoms with E-state index in [-0.39, 0.29) is 5.91 Å². The van der Waals surface area contributed by atoms with E-state index < -0.39 is 17.8 Å². The number of nitrogens with one attached hydrogen (secondary N) is 1. The van der Waals surface area contributed by atoms with Crippen LogP contribution in [0.1, 0.15) is 19.3 Å². The minimum absolute atomic E-state index is 0.160. The zero-order chi connectivity index (χ0) is 14.4. The van der Waals surface area contributed by atoms with E-state index in [9.17, 15) is 9.59 Å². The van der Waals surface area contributed by atoms with E-state index in [1.807, 2.05) is 22.9 Å². The Hall–Kier alpha value is -2.11. The molecule has 1 aliphatic rings. The third kappa shape index (κ3) is 3.69. The van der Waals surface area contributed by atoms with Crippen LogP contribution in [0.5, 0.6) is 0 Å². The van der Waals surface area contributed by atoms with E-state index in [1.165, 1.54) is 0 Å². The highest BCUT2D eigenvalue weighted by atomic mass is 16.4. The van der Waals surface area contributed by atoms with Crippen LogP contribution < -0.4 is 5.32 Å². The molecule has 6 heteroatoms. The highest BCUT2D eigenvalue weighted by Crippen LogP contribution is 2.25. The van der Waals surface area contributed by atoms with Crippen LogP contribution >= 0.6 is 0 Å². The van der Waals surface area contributed by atoms with Gasteiger partial charge in [0.25, 0.3) is 0 Å². The number of aromatic nitrogens is 2. The standard InChI is InChI=1S/C14H19N3O3/c18-13(11-4-1-2-5-12(11)14(19)20)16-6-3-8-17-9-7-15-10-17/h1-2,7,9-12H,3-6,8H2,(H,16,18)(H,19,20). The van der Waals surface area contributed by atoms with Gasteiger partial charge in [-0.3, -0.25) is 9.59 Å². The van der Waals surface area contributed by atoms with Crippen molar-refractivity contribution >= 4 is 11.9 Å². The van der Waals surface area contributed by atoms with Crippen molar-refractivity contribution in [3.8, 4) is 0 Å². The van der Waals surface area contributed by atoms with Gasteiger partial charge in [0.1, 0.15) is 0 Å². The molecule has 0 fully saturated rings. The summed E-state index contributed by atoms with van der Waals surface area (Å²) in [6.45, 7) is 1.33. The molecule has 2 rings (SSSR count). The number of carbonyl (C=O) groups is 2. The lowest BCUT2D eigenvalue weighted by atomic mass is 9.82. The molecule has 0 saturated carbocycles. The molecule has 0 bridgehead atoms. The smallest absolute Gasteiger partial charge is 0.307 e. The summed E-state index contributed by atoms with van der Waals surface area (Å²) < 4.78 is 1.94. The van der Waals surface area contributed by atoms with Gasteiger partial charge in [0.15, 0.2) is 0 Å². The number of nitrogens with zero attached hydrogens (tertiary/aromatic N) is 2. The second-order valence-corrected chi connectivity index (χ2v) is 4.94. The van der Waals surface area contributed by atoms with E-state index in [4.69, 9.17) is 5.11 Å².